The Hall–Kier alpha value is -0.950. The van der Waals surface area contributed by atoms with Gasteiger partial charge in [-0.05, 0) is 41.4 Å². The Balaban J connectivity index is 2.28. The molecule has 1 unspecified atom stereocenters. The summed E-state index contributed by atoms with van der Waals surface area (Å²) in [6, 6.07) is 8.72. The molecule has 7 heteroatoms. The van der Waals surface area contributed by atoms with E-state index in [-0.39, 0.29) is 16.1 Å². The first-order valence-corrected chi connectivity index (χ1v) is 8.85. The van der Waals surface area contributed by atoms with Crippen LogP contribution < -0.4 is 4.72 Å². The minimum absolute atomic E-state index is 0.0440. The van der Waals surface area contributed by atoms with Crippen molar-refractivity contribution in [2.75, 3.05) is 0 Å². The monoisotopic (exact) mass is 388 g/mol. The van der Waals surface area contributed by atoms with Gasteiger partial charge < -0.3 is 0 Å². The fraction of sp³-hybridized carbons (Fsp3) is 0.214. The smallest absolute Gasteiger partial charge is 0.242 e. The fourth-order valence-electron chi connectivity index (χ4n) is 1.81. The third kappa shape index (κ3) is 4.03. The molecule has 0 saturated carbocycles. The summed E-state index contributed by atoms with van der Waals surface area (Å²) >= 11 is 9.07. The maximum atomic E-state index is 12.4. The standard InChI is InChI=1S/C14H14BrClN2O2S/c1-9-3-5-11(6-4-9)10(2)18-21(19,20)13-7-12(15)8-17-14(13)16/h3-8,10,18H,1-2H3. The van der Waals surface area contributed by atoms with E-state index in [1.54, 1.807) is 6.92 Å². The molecule has 1 aromatic carbocycles. The lowest BCUT2D eigenvalue weighted by atomic mass is 10.1. The Labute approximate surface area is 137 Å². The number of pyridine rings is 1. The normalized spacial score (nSPS) is 13.1. The lowest BCUT2D eigenvalue weighted by molar-refractivity contribution is 0.566. The number of nitrogens with zero attached hydrogens (tertiary/aromatic N) is 1. The van der Waals surface area contributed by atoms with E-state index in [0.717, 1.165) is 11.1 Å². The van der Waals surface area contributed by atoms with Gasteiger partial charge in [-0.25, -0.2) is 18.1 Å². The van der Waals surface area contributed by atoms with Crippen molar-refractivity contribution in [2.45, 2.75) is 24.8 Å². The Morgan fingerprint density at radius 3 is 2.52 bits per heavy atom. The van der Waals surface area contributed by atoms with E-state index >= 15 is 0 Å². The van der Waals surface area contributed by atoms with Crippen LogP contribution in [0, 0.1) is 6.92 Å². The van der Waals surface area contributed by atoms with Gasteiger partial charge in [0.2, 0.25) is 10.0 Å². The molecule has 1 atom stereocenters. The van der Waals surface area contributed by atoms with Crippen molar-refractivity contribution in [2.24, 2.45) is 0 Å². The van der Waals surface area contributed by atoms with Gasteiger partial charge in [0, 0.05) is 16.7 Å². The number of aromatic nitrogens is 1. The average Bonchev–Trinajstić information content (AvgIpc) is 2.41. The van der Waals surface area contributed by atoms with E-state index in [1.165, 1.54) is 12.3 Å². The van der Waals surface area contributed by atoms with Gasteiger partial charge >= 0.3 is 0 Å². The van der Waals surface area contributed by atoms with Gasteiger partial charge in [-0.3, -0.25) is 0 Å². The van der Waals surface area contributed by atoms with Gasteiger partial charge in [0.25, 0.3) is 0 Å². The molecule has 0 radical (unpaired) electrons. The number of rotatable bonds is 4. The van der Waals surface area contributed by atoms with Gasteiger partial charge in [0.05, 0.1) is 0 Å². The zero-order valence-corrected chi connectivity index (χ0v) is 14.6. The molecule has 1 heterocycles. The zero-order valence-electron chi connectivity index (χ0n) is 11.5. The molecule has 4 nitrogen and oxygen atoms in total. The molecule has 0 amide bonds. The second-order valence-corrected chi connectivity index (χ2v) is 7.65. The summed E-state index contributed by atoms with van der Waals surface area (Å²) in [6.45, 7) is 3.76. The van der Waals surface area contributed by atoms with Crippen LogP contribution in [0.1, 0.15) is 24.1 Å². The second kappa shape index (κ2) is 6.44. The van der Waals surface area contributed by atoms with Crippen molar-refractivity contribution in [3.05, 3.63) is 57.3 Å². The average molecular weight is 390 g/mol. The predicted octanol–water partition coefficient (Wildman–Crippen LogP) is 3.85. The van der Waals surface area contributed by atoms with Crippen molar-refractivity contribution in [3.63, 3.8) is 0 Å². The molecule has 0 aliphatic heterocycles. The summed E-state index contributed by atoms with van der Waals surface area (Å²) in [6.07, 6.45) is 1.45. The number of benzene rings is 1. The maximum absolute atomic E-state index is 12.4. The highest BCUT2D eigenvalue weighted by atomic mass is 79.9. The van der Waals surface area contributed by atoms with Gasteiger partial charge in [-0.15, -0.1) is 0 Å². The van der Waals surface area contributed by atoms with E-state index in [1.807, 2.05) is 31.2 Å². The van der Waals surface area contributed by atoms with Crippen molar-refractivity contribution >= 4 is 37.6 Å². The summed E-state index contributed by atoms with van der Waals surface area (Å²) in [5.74, 6) is 0. The molecule has 1 aromatic heterocycles. The van der Waals surface area contributed by atoms with Crippen LogP contribution in [0.2, 0.25) is 5.15 Å². The Morgan fingerprint density at radius 1 is 1.29 bits per heavy atom. The number of aryl methyl sites for hydroxylation is 1. The fourth-order valence-corrected chi connectivity index (χ4v) is 3.99. The van der Waals surface area contributed by atoms with Crippen LogP contribution >= 0.6 is 27.5 Å². The molecule has 0 saturated heterocycles. The summed E-state index contributed by atoms with van der Waals surface area (Å²) in [5.41, 5.74) is 2.00. The Morgan fingerprint density at radius 2 is 1.90 bits per heavy atom. The molecule has 21 heavy (non-hydrogen) atoms. The van der Waals surface area contributed by atoms with Gasteiger partial charge in [-0.2, -0.15) is 0 Å². The molecule has 0 aliphatic rings. The minimum Gasteiger partial charge on any atom is -0.242 e. The van der Waals surface area contributed by atoms with Crippen LogP contribution in [0.15, 0.2) is 45.9 Å². The van der Waals surface area contributed by atoms with E-state index < -0.39 is 10.0 Å². The van der Waals surface area contributed by atoms with Crippen LogP contribution in [0.4, 0.5) is 0 Å². The minimum atomic E-state index is -3.75. The summed E-state index contributed by atoms with van der Waals surface area (Å²) in [7, 11) is -3.75. The molecule has 1 N–H and O–H groups in total. The molecular weight excluding hydrogens is 376 g/mol. The molecule has 0 fully saturated rings. The Bertz CT molecular complexity index is 748. The van der Waals surface area contributed by atoms with Crippen LogP contribution in [-0.4, -0.2) is 13.4 Å². The first-order valence-electron chi connectivity index (χ1n) is 6.19. The Kier molecular flexibility index (Phi) is 5.03. The summed E-state index contributed by atoms with van der Waals surface area (Å²) in [4.78, 5) is 3.79. The lowest BCUT2D eigenvalue weighted by Crippen LogP contribution is -2.27. The van der Waals surface area contributed by atoms with Crippen molar-refractivity contribution in [3.8, 4) is 0 Å². The topological polar surface area (TPSA) is 59.1 Å². The van der Waals surface area contributed by atoms with Gasteiger partial charge in [-0.1, -0.05) is 41.4 Å². The van der Waals surface area contributed by atoms with Gasteiger partial charge in [0.1, 0.15) is 10.0 Å². The zero-order chi connectivity index (χ0) is 15.6. The number of hydrogen-bond donors (Lipinski definition) is 1. The first kappa shape index (κ1) is 16.4. The first-order chi connectivity index (χ1) is 9.79. The van der Waals surface area contributed by atoms with Crippen LogP contribution in [0.25, 0.3) is 0 Å². The highest BCUT2D eigenvalue weighted by Crippen LogP contribution is 2.24. The molecule has 112 valence electrons. The molecule has 2 aromatic rings. The van der Waals surface area contributed by atoms with E-state index in [9.17, 15) is 8.42 Å². The molecule has 2 rings (SSSR count). The summed E-state index contributed by atoms with van der Waals surface area (Å²) in [5, 5.41) is -0.0539. The largest absolute Gasteiger partial charge is 0.244 e. The van der Waals surface area contributed by atoms with E-state index in [2.05, 4.69) is 25.6 Å². The van der Waals surface area contributed by atoms with Crippen molar-refractivity contribution < 1.29 is 8.42 Å². The van der Waals surface area contributed by atoms with Crippen molar-refractivity contribution in [1.29, 1.82) is 0 Å². The van der Waals surface area contributed by atoms with Crippen molar-refractivity contribution in [1.82, 2.24) is 9.71 Å². The maximum Gasteiger partial charge on any atom is 0.244 e. The third-order valence-corrected chi connectivity index (χ3v) is 5.37. The highest BCUT2D eigenvalue weighted by molar-refractivity contribution is 9.10. The predicted molar refractivity (Wildman–Crippen MR) is 86.9 cm³/mol. The van der Waals surface area contributed by atoms with E-state index in [0.29, 0.717) is 4.47 Å². The SMILES string of the molecule is Cc1ccc(C(C)NS(=O)(=O)c2cc(Br)cnc2Cl)cc1. The highest BCUT2D eigenvalue weighted by Gasteiger charge is 2.22. The van der Waals surface area contributed by atoms with Crippen LogP contribution in [0.5, 0.6) is 0 Å². The number of hydrogen-bond acceptors (Lipinski definition) is 3. The molecule has 0 spiro atoms. The van der Waals surface area contributed by atoms with Crippen LogP contribution in [-0.2, 0) is 10.0 Å². The lowest BCUT2D eigenvalue weighted by Gasteiger charge is -2.15. The molecule has 0 bridgehead atoms. The summed E-state index contributed by atoms with van der Waals surface area (Å²) < 4.78 is 28.0. The number of sulfonamides is 1. The third-order valence-electron chi connectivity index (χ3n) is 2.97. The number of nitrogens with one attached hydrogen (secondary N) is 1. The second-order valence-electron chi connectivity index (χ2n) is 4.70. The quantitative estimate of drug-likeness (QED) is 0.808. The molecular formula is C14H14BrClN2O2S. The van der Waals surface area contributed by atoms with Gasteiger partial charge in [0.15, 0.2) is 0 Å². The van der Waals surface area contributed by atoms with E-state index in [4.69, 9.17) is 11.6 Å². The molecule has 0 aliphatic carbocycles. The van der Waals surface area contributed by atoms with Crippen LogP contribution in [0.3, 0.4) is 0 Å². The number of halogens is 2.